The fourth-order valence-corrected chi connectivity index (χ4v) is 2.91. The largest absolute Gasteiger partial charge is 0.378 e. The number of hydrogen-bond donors (Lipinski definition) is 1. The van der Waals surface area contributed by atoms with E-state index in [1.807, 2.05) is 80.5 Å². The van der Waals surface area contributed by atoms with Crippen LogP contribution in [0.4, 0.5) is 17.1 Å². The van der Waals surface area contributed by atoms with Crippen LogP contribution in [-0.2, 0) is 0 Å². The fourth-order valence-electron chi connectivity index (χ4n) is 2.91. The summed E-state index contributed by atoms with van der Waals surface area (Å²) in [6.45, 7) is 2.40. The van der Waals surface area contributed by atoms with Crippen molar-refractivity contribution in [3.05, 3.63) is 84.2 Å². The number of nitrogens with zero attached hydrogens (tertiary/aromatic N) is 3. The summed E-state index contributed by atoms with van der Waals surface area (Å²) >= 11 is 0. The second-order valence-corrected chi connectivity index (χ2v) is 6.69. The number of aromatic nitrogens is 1. The van der Waals surface area contributed by atoms with E-state index in [0.29, 0.717) is 12.2 Å². The fraction of sp³-hybridized carbons (Fsp3) is 0.174. The van der Waals surface area contributed by atoms with Gasteiger partial charge in [0.15, 0.2) is 0 Å². The summed E-state index contributed by atoms with van der Waals surface area (Å²) in [6, 6.07) is 21.8. The zero-order chi connectivity index (χ0) is 20.8. The van der Waals surface area contributed by atoms with Crippen LogP contribution < -0.4 is 15.1 Å². The van der Waals surface area contributed by atoms with Crippen LogP contribution in [0, 0.1) is 0 Å². The number of nitrogens with one attached hydrogen (secondary N) is 1. The van der Waals surface area contributed by atoms with Crippen molar-refractivity contribution in [1.82, 2.24) is 4.98 Å². The van der Waals surface area contributed by atoms with Crippen LogP contribution in [0.15, 0.2) is 72.8 Å². The van der Waals surface area contributed by atoms with Gasteiger partial charge in [0.2, 0.25) is 0 Å². The van der Waals surface area contributed by atoms with Gasteiger partial charge >= 0.3 is 0 Å². The Balaban J connectivity index is 1.77. The molecule has 148 valence electrons. The third-order valence-corrected chi connectivity index (χ3v) is 4.47. The van der Waals surface area contributed by atoms with Crippen molar-refractivity contribution in [1.29, 1.82) is 0 Å². The number of rotatable bonds is 6. The molecule has 1 heterocycles. The Morgan fingerprint density at radius 1 is 0.828 bits per heavy atom. The van der Waals surface area contributed by atoms with Crippen LogP contribution in [0.5, 0.6) is 0 Å². The Labute approximate surface area is 170 Å². The zero-order valence-corrected chi connectivity index (χ0v) is 16.8. The Morgan fingerprint density at radius 2 is 1.48 bits per heavy atom. The van der Waals surface area contributed by atoms with Gasteiger partial charge in [-0.25, -0.2) is 4.98 Å². The Kier molecular flexibility index (Phi) is 6.24. The number of carbonyl (C=O) groups is 2. The van der Waals surface area contributed by atoms with Gasteiger partial charge in [-0.2, -0.15) is 0 Å². The van der Waals surface area contributed by atoms with Gasteiger partial charge in [-0.1, -0.05) is 24.3 Å². The standard InChI is InChI=1S/C23H24N4O2/c1-4-27(19-9-6-5-7-10-19)23(29)21-12-8-11-20(25-21)22(28)24-17-13-15-18(16-14-17)26(2)3/h5-16H,4H2,1-3H3,(H,24,28). The first-order valence-corrected chi connectivity index (χ1v) is 9.42. The van der Waals surface area contributed by atoms with E-state index in [2.05, 4.69) is 10.3 Å². The van der Waals surface area contributed by atoms with E-state index in [-0.39, 0.29) is 23.2 Å². The molecule has 2 amide bonds. The molecule has 0 atom stereocenters. The van der Waals surface area contributed by atoms with Gasteiger partial charge in [-0.15, -0.1) is 0 Å². The maximum atomic E-state index is 12.9. The van der Waals surface area contributed by atoms with Crippen LogP contribution >= 0.6 is 0 Å². The lowest BCUT2D eigenvalue weighted by Gasteiger charge is -2.20. The van der Waals surface area contributed by atoms with Crippen LogP contribution in [0.25, 0.3) is 0 Å². The van der Waals surface area contributed by atoms with Crippen molar-refractivity contribution in [2.45, 2.75) is 6.92 Å². The molecule has 0 aliphatic heterocycles. The van der Waals surface area contributed by atoms with E-state index in [4.69, 9.17) is 0 Å². The minimum Gasteiger partial charge on any atom is -0.378 e. The van der Waals surface area contributed by atoms with E-state index >= 15 is 0 Å². The SMILES string of the molecule is CCN(C(=O)c1cccc(C(=O)Nc2ccc(N(C)C)cc2)n1)c1ccccc1. The second-order valence-electron chi connectivity index (χ2n) is 6.69. The molecule has 0 spiro atoms. The van der Waals surface area contributed by atoms with Crippen LogP contribution in [0.2, 0.25) is 0 Å². The second kappa shape index (κ2) is 9.01. The average Bonchev–Trinajstić information content (AvgIpc) is 2.75. The summed E-state index contributed by atoms with van der Waals surface area (Å²) < 4.78 is 0. The maximum absolute atomic E-state index is 12.9. The monoisotopic (exact) mass is 388 g/mol. The Hall–Kier alpha value is -3.67. The Bertz CT molecular complexity index is 985. The van der Waals surface area contributed by atoms with Crippen molar-refractivity contribution in [2.24, 2.45) is 0 Å². The molecule has 1 aromatic heterocycles. The number of hydrogen-bond acceptors (Lipinski definition) is 4. The average molecular weight is 388 g/mol. The highest BCUT2D eigenvalue weighted by atomic mass is 16.2. The van der Waals surface area contributed by atoms with Gasteiger partial charge in [-0.05, 0) is 55.5 Å². The highest BCUT2D eigenvalue weighted by Crippen LogP contribution is 2.18. The number of benzene rings is 2. The van der Waals surface area contributed by atoms with Crippen molar-refractivity contribution < 1.29 is 9.59 Å². The Morgan fingerprint density at radius 3 is 2.10 bits per heavy atom. The molecule has 0 radical (unpaired) electrons. The van der Waals surface area contributed by atoms with Crippen LogP contribution in [0.1, 0.15) is 27.9 Å². The minimum absolute atomic E-state index is 0.191. The normalized spacial score (nSPS) is 10.3. The third-order valence-electron chi connectivity index (χ3n) is 4.47. The summed E-state index contributed by atoms with van der Waals surface area (Å²) in [4.78, 5) is 33.5. The van der Waals surface area contributed by atoms with Crippen LogP contribution in [-0.4, -0.2) is 37.4 Å². The van der Waals surface area contributed by atoms with Crippen molar-refractivity contribution in [3.8, 4) is 0 Å². The molecule has 0 bridgehead atoms. The van der Waals surface area contributed by atoms with Gasteiger partial charge < -0.3 is 15.1 Å². The van der Waals surface area contributed by atoms with Gasteiger partial charge in [0.1, 0.15) is 11.4 Å². The predicted molar refractivity (Wildman–Crippen MR) is 117 cm³/mol. The molecule has 2 aromatic carbocycles. The van der Waals surface area contributed by atoms with Gasteiger partial charge in [-0.3, -0.25) is 9.59 Å². The predicted octanol–water partition coefficient (Wildman–Crippen LogP) is 4.07. The molecule has 0 aliphatic carbocycles. The lowest BCUT2D eigenvalue weighted by molar-refractivity contribution is 0.0983. The van der Waals surface area contributed by atoms with Gasteiger partial charge in [0, 0.05) is 37.7 Å². The molecule has 6 heteroatoms. The molecule has 1 N–H and O–H groups in total. The molecule has 3 aromatic rings. The number of anilines is 3. The van der Waals surface area contributed by atoms with Gasteiger partial charge in [0.25, 0.3) is 11.8 Å². The lowest BCUT2D eigenvalue weighted by atomic mass is 10.2. The summed E-state index contributed by atoms with van der Waals surface area (Å²) in [5.41, 5.74) is 2.91. The number of pyridine rings is 1. The molecular formula is C23H24N4O2. The molecular weight excluding hydrogens is 364 g/mol. The number of amides is 2. The molecule has 0 fully saturated rings. The molecule has 29 heavy (non-hydrogen) atoms. The highest BCUT2D eigenvalue weighted by molar-refractivity contribution is 6.07. The summed E-state index contributed by atoms with van der Waals surface area (Å²) in [5, 5.41) is 2.82. The molecule has 0 saturated carbocycles. The molecule has 6 nitrogen and oxygen atoms in total. The topological polar surface area (TPSA) is 65.5 Å². The van der Waals surface area contributed by atoms with Crippen LogP contribution in [0.3, 0.4) is 0 Å². The van der Waals surface area contributed by atoms with E-state index in [9.17, 15) is 9.59 Å². The highest BCUT2D eigenvalue weighted by Gasteiger charge is 2.19. The van der Waals surface area contributed by atoms with E-state index in [1.165, 1.54) is 0 Å². The van der Waals surface area contributed by atoms with Gasteiger partial charge in [0.05, 0.1) is 0 Å². The molecule has 3 rings (SSSR count). The zero-order valence-electron chi connectivity index (χ0n) is 16.8. The number of carbonyl (C=O) groups excluding carboxylic acids is 2. The number of para-hydroxylation sites is 1. The molecule has 0 saturated heterocycles. The lowest BCUT2D eigenvalue weighted by Crippen LogP contribution is -2.31. The van der Waals surface area contributed by atoms with E-state index in [1.54, 1.807) is 23.1 Å². The van der Waals surface area contributed by atoms with E-state index in [0.717, 1.165) is 11.4 Å². The van der Waals surface area contributed by atoms with Crippen molar-refractivity contribution >= 4 is 28.9 Å². The van der Waals surface area contributed by atoms with Crippen molar-refractivity contribution in [2.75, 3.05) is 35.8 Å². The van der Waals surface area contributed by atoms with E-state index < -0.39 is 0 Å². The third kappa shape index (κ3) is 4.79. The molecule has 0 aliphatic rings. The first-order valence-electron chi connectivity index (χ1n) is 9.42. The summed E-state index contributed by atoms with van der Waals surface area (Å²) in [6.07, 6.45) is 0. The quantitative estimate of drug-likeness (QED) is 0.691. The first-order chi connectivity index (χ1) is 14.0. The maximum Gasteiger partial charge on any atom is 0.276 e. The smallest absolute Gasteiger partial charge is 0.276 e. The van der Waals surface area contributed by atoms with Crippen molar-refractivity contribution in [3.63, 3.8) is 0 Å². The first kappa shape index (κ1) is 20.1. The minimum atomic E-state index is -0.361. The summed E-state index contributed by atoms with van der Waals surface area (Å²) in [5.74, 6) is -0.608. The molecule has 0 unspecified atom stereocenters. The summed E-state index contributed by atoms with van der Waals surface area (Å²) in [7, 11) is 3.91.